The van der Waals surface area contributed by atoms with Gasteiger partial charge in [-0.3, -0.25) is 0 Å². The van der Waals surface area contributed by atoms with E-state index in [0.29, 0.717) is 6.54 Å². The molecule has 2 rings (SSSR count). The van der Waals surface area contributed by atoms with E-state index in [1.807, 2.05) is 13.0 Å². The van der Waals surface area contributed by atoms with E-state index < -0.39 is 5.60 Å². The molecule has 4 heteroatoms. The molecule has 19 heavy (non-hydrogen) atoms. The predicted octanol–water partition coefficient (Wildman–Crippen LogP) is 2.72. The third kappa shape index (κ3) is 3.60. The average Bonchev–Trinajstić information content (AvgIpc) is 2.41. The number of aliphatic hydroxyl groups is 1. The number of anilines is 2. The standard InChI is InChI=1S/C15H25N3O/c1-3-12-4-6-15(19,7-5-12)10-18-14-8-13(16)11(2)9-17-14/h8-9,12,19H,3-7,10H2,1-2H3,(H3,16,17,18). The maximum atomic E-state index is 10.5. The smallest absolute Gasteiger partial charge is 0.128 e. The highest BCUT2D eigenvalue weighted by Crippen LogP contribution is 2.33. The van der Waals surface area contributed by atoms with Gasteiger partial charge in [0.05, 0.1) is 5.60 Å². The number of aryl methyl sites for hydroxylation is 1. The molecular formula is C15H25N3O. The van der Waals surface area contributed by atoms with Crippen molar-refractivity contribution in [3.05, 3.63) is 17.8 Å². The Labute approximate surface area is 115 Å². The molecule has 106 valence electrons. The van der Waals surface area contributed by atoms with E-state index in [2.05, 4.69) is 17.2 Å². The normalized spacial score (nSPS) is 27.2. The van der Waals surface area contributed by atoms with Gasteiger partial charge in [-0.25, -0.2) is 4.98 Å². The molecule has 1 aliphatic rings. The number of nitrogens with one attached hydrogen (secondary N) is 1. The SMILES string of the molecule is CCC1CCC(O)(CNc2cc(N)c(C)cn2)CC1. The van der Waals surface area contributed by atoms with Gasteiger partial charge in [0.1, 0.15) is 5.82 Å². The minimum atomic E-state index is -0.590. The molecule has 0 aliphatic heterocycles. The molecule has 1 saturated carbocycles. The zero-order valence-corrected chi connectivity index (χ0v) is 11.9. The van der Waals surface area contributed by atoms with Crippen LogP contribution in [0.5, 0.6) is 0 Å². The summed E-state index contributed by atoms with van der Waals surface area (Å²) < 4.78 is 0. The van der Waals surface area contributed by atoms with Crippen molar-refractivity contribution in [1.82, 2.24) is 4.98 Å². The van der Waals surface area contributed by atoms with Crippen molar-refractivity contribution in [1.29, 1.82) is 0 Å². The fraction of sp³-hybridized carbons (Fsp3) is 0.667. The molecule has 0 atom stereocenters. The molecule has 4 N–H and O–H groups in total. The number of hydrogen-bond acceptors (Lipinski definition) is 4. The van der Waals surface area contributed by atoms with Crippen LogP contribution >= 0.6 is 0 Å². The van der Waals surface area contributed by atoms with Crippen molar-refractivity contribution in [2.45, 2.75) is 51.6 Å². The van der Waals surface area contributed by atoms with E-state index in [-0.39, 0.29) is 0 Å². The predicted molar refractivity (Wildman–Crippen MR) is 79.1 cm³/mol. The van der Waals surface area contributed by atoms with Crippen molar-refractivity contribution in [2.24, 2.45) is 5.92 Å². The molecule has 0 spiro atoms. The highest BCUT2D eigenvalue weighted by Gasteiger charge is 2.32. The van der Waals surface area contributed by atoms with Gasteiger partial charge in [-0.1, -0.05) is 13.3 Å². The van der Waals surface area contributed by atoms with Crippen molar-refractivity contribution in [3.63, 3.8) is 0 Å². The summed E-state index contributed by atoms with van der Waals surface area (Å²) in [4.78, 5) is 4.28. The third-order valence-electron chi connectivity index (χ3n) is 4.36. The maximum Gasteiger partial charge on any atom is 0.128 e. The van der Waals surface area contributed by atoms with E-state index in [9.17, 15) is 5.11 Å². The van der Waals surface area contributed by atoms with Crippen LogP contribution in [-0.2, 0) is 0 Å². The van der Waals surface area contributed by atoms with Crippen molar-refractivity contribution in [3.8, 4) is 0 Å². The van der Waals surface area contributed by atoms with Crippen LogP contribution in [0, 0.1) is 12.8 Å². The molecule has 0 radical (unpaired) electrons. The topological polar surface area (TPSA) is 71.2 Å². The number of aromatic nitrogens is 1. The van der Waals surface area contributed by atoms with Crippen LogP contribution in [0.1, 0.15) is 44.6 Å². The van der Waals surface area contributed by atoms with E-state index in [4.69, 9.17) is 5.73 Å². The van der Waals surface area contributed by atoms with Gasteiger partial charge < -0.3 is 16.2 Å². The van der Waals surface area contributed by atoms with E-state index in [1.165, 1.54) is 6.42 Å². The molecule has 0 unspecified atom stereocenters. The minimum absolute atomic E-state index is 0.554. The molecular weight excluding hydrogens is 238 g/mol. The Morgan fingerprint density at radius 3 is 2.74 bits per heavy atom. The third-order valence-corrected chi connectivity index (χ3v) is 4.36. The van der Waals surface area contributed by atoms with Crippen LogP contribution in [0.3, 0.4) is 0 Å². The second kappa shape index (κ2) is 5.78. The molecule has 0 bridgehead atoms. The lowest BCUT2D eigenvalue weighted by Gasteiger charge is -2.36. The molecule has 1 heterocycles. The van der Waals surface area contributed by atoms with Crippen LogP contribution in [0.2, 0.25) is 0 Å². The van der Waals surface area contributed by atoms with Gasteiger partial charge in [-0.15, -0.1) is 0 Å². The second-order valence-electron chi connectivity index (χ2n) is 5.86. The van der Waals surface area contributed by atoms with E-state index in [1.54, 1.807) is 6.20 Å². The summed E-state index contributed by atoms with van der Waals surface area (Å²) in [6.07, 6.45) is 6.98. The van der Waals surface area contributed by atoms with Crippen LogP contribution in [-0.4, -0.2) is 22.2 Å². The molecule has 1 aromatic rings. The number of hydrogen-bond donors (Lipinski definition) is 3. The fourth-order valence-electron chi connectivity index (χ4n) is 2.69. The Morgan fingerprint density at radius 1 is 1.47 bits per heavy atom. The summed E-state index contributed by atoms with van der Waals surface area (Å²) in [5.74, 6) is 1.53. The fourth-order valence-corrected chi connectivity index (χ4v) is 2.69. The monoisotopic (exact) mass is 263 g/mol. The highest BCUT2D eigenvalue weighted by molar-refractivity contribution is 5.53. The number of rotatable bonds is 4. The Kier molecular flexibility index (Phi) is 4.30. The van der Waals surface area contributed by atoms with E-state index >= 15 is 0 Å². The van der Waals surface area contributed by atoms with Crippen molar-refractivity contribution < 1.29 is 5.11 Å². The van der Waals surface area contributed by atoms with Crippen LogP contribution in [0.15, 0.2) is 12.3 Å². The lowest BCUT2D eigenvalue weighted by molar-refractivity contribution is 0.00223. The average molecular weight is 263 g/mol. The first-order valence-electron chi connectivity index (χ1n) is 7.21. The molecule has 4 nitrogen and oxygen atoms in total. The number of nitrogen functional groups attached to an aromatic ring is 1. The van der Waals surface area contributed by atoms with Crippen molar-refractivity contribution in [2.75, 3.05) is 17.6 Å². The Morgan fingerprint density at radius 2 is 2.16 bits per heavy atom. The zero-order chi connectivity index (χ0) is 13.9. The molecule has 0 saturated heterocycles. The molecule has 1 aliphatic carbocycles. The maximum absolute atomic E-state index is 10.5. The number of pyridine rings is 1. The molecule has 0 aromatic carbocycles. The van der Waals surface area contributed by atoms with Gasteiger partial charge in [0.25, 0.3) is 0 Å². The minimum Gasteiger partial charge on any atom is -0.398 e. The molecule has 1 aromatic heterocycles. The number of nitrogens with two attached hydrogens (primary N) is 1. The molecule has 1 fully saturated rings. The van der Waals surface area contributed by atoms with E-state index in [0.717, 1.165) is 48.7 Å². The van der Waals surface area contributed by atoms with Crippen LogP contribution in [0.4, 0.5) is 11.5 Å². The lowest BCUT2D eigenvalue weighted by Crippen LogP contribution is -2.40. The van der Waals surface area contributed by atoms with Gasteiger partial charge in [-0.2, -0.15) is 0 Å². The number of nitrogens with zero attached hydrogens (tertiary/aromatic N) is 1. The quantitative estimate of drug-likeness (QED) is 0.781. The zero-order valence-electron chi connectivity index (χ0n) is 11.9. The lowest BCUT2D eigenvalue weighted by atomic mass is 9.78. The van der Waals surface area contributed by atoms with Gasteiger partial charge in [0, 0.05) is 24.5 Å². The summed E-state index contributed by atoms with van der Waals surface area (Å²) in [6.45, 7) is 4.72. The van der Waals surface area contributed by atoms with Gasteiger partial charge in [-0.05, 0) is 44.1 Å². The molecule has 0 amide bonds. The largest absolute Gasteiger partial charge is 0.398 e. The first-order valence-corrected chi connectivity index (χ1v) is 7.21. The summed E-state index contributed by atoms with van der Waals surface area (Å²) in [6, 6.07) is 1.83. The first kappa shape index (κ1) is 14.1. The summed E-state index contributed by atoms with van der Waals surface area (Å²) >= 11 is 0. The summed E-state index contributed by atoms with van der Waals surface area (Å²) in [7, 11) is 0. The van der Waals surface area contributed by atoms with Crippen LogP contribution < -0.4 is 11.1 Å². The van der Waals surface area contributed by atoms with Crippen LogP contribution in [0.25, 0.3) is 0 Å². The Balaban J connectivity index is 1.89. The first-order chi connectivity index (χ1) is 9.02. The Bertz CT molecular complexity index is 425. The Hall–Kier alpha value is -1.29. The van der Waals surface area contributed by atoms with Gasteiger partial charge >= 0.3 is 0 Å². The summed E-state index contributed by atoms with van der Waals surface area (Å²) in [5, 5.41) is 13.8. The van der Waals surface area contributed by atoms with Gasteiger partial charge in [0.15, 0.2) is 0 Å². The summed E-state index contributed by atoms with van der Waals surface area (Å²) in [5.41, 5.74) is 6.98. The van der Waals surface area contributed by atoms with Gasteiger partial charge in [0.2, 0.25) is 0 Å². The van der Waals surface area contributed by atoms with Crippen molar-refractivity contribution >= 4 is 11.5 Å². The second-order valence-corrected chi connectivity index (χ2v) is 5.86. The highest BCUT2D eigenvalue weighted by atomic mass is 16.3.